The molecule has 0 aromatic rings. The molecule has 0 radical (unpaired) electrons. The molecule has 2 rings (SSSR count). The predicted molar refractivity (Wildman–Crippen MR) is 32.0 cm³/mol. The fourth-order valence-corrected chi connectivity index (χ4v) is 0.969. The summed E-state index contributed by atoms with van der Waals surface area (Å²) in [6.45, 7) is 0.236. The second-order valence-corrected chi connectivity index (χ2v) is 2.21. The van der Waals surface area contributed by atoms with Crippen LogP contribution in [-0.4, -0.2) is 35.2 Å². The van der Waals surface area contributed by atoms with Crippen LogP contribution in [0, 0.1) is 10.8 Å². The van der Waals surface area contributed by atoms with Crippen LogP contribution < -0.4 is 0 Å². The summed E-state index contributed by atoms with van der Waals surface area (Å²) in [4.78, 5) is 11.9. The molecule has 2 heterocycles. The maximum Gasteiger partial charge on any atom is 0.255 e. The first kappa shape index (κ1) is 5.40. The van der Waals surface area contributed by atoms with E-state index in [4.69, 9.17) is 15.6 Å². The molecule has 2 saturated heterocycles. The van der Waals surface area contributed by atoms with Gasteiger partial charge in [0.15, 0.2) is 11.9 Å². The molecule has 0 saturated carbocycles. The Morgan fingerprint density at radius 2 is 2.30 bits per heavy atom. The average Bonchev–Trinajstić information content (AvgIpc) is 2.54. The zero-order chi connectivity index (χ0) is 7.30. The third-order valence-corrected chi connectivity index (χ3v) is 1.61. The number of fused-ring (bicyclic) bond motifs is 1. The third-order valence-electron chi connectivity index (χ3n) is 1.61. The van der Waals surface area contributed by atoms with E-state index in [2.05, 4.69) is 0 Å². The lowest BCUT2D eigenvalue weighted by Crippen LogP contribution is -2.32. The van der Waals surface area contributed by atoms with Crippen LogP contribution in [0.15, 0.2) is 0 Å². The number of nitrogens with one attached hydrogen (secondary N) is 2. The van der Waals surface area contributed by atoms with E-state index in [1.165, 1.54) is 4.90 Å². The van der Waals surface area contributed by atoms with Crippen molar-refractivity contribution in [3.63, 3.8) is 0 Å². The molecule has 1 atom stereocenters. The second-order valence-electron chi connectivity index (χ2n) is 2.21. The number of carbonyl (C=O) groups excluding carboxylic acids is 1. The maximum absolute atomic E-state index is 10.7. The van der Waals surface area contributed by atoms with E-state index in [1.807, 2.05) is 0 Å². The van der Waals surface area contributed by atoms with Gasteiger partial charge in [-0.15, -0.1) is 0 Å². The number of nitrogens with zero attached hydrogens (tertiary/aromatic N) is 1. The molecule has 1 amide bonds. The monoisotopic (exact) mass is 139 g/mol. The molecule has 0 aliphatic carbocycles. The first-order valence-corrected chi connectivity index (χ1v) is 2.85. The molecule has 0 spiro atoms. The van der Waals surface area contributed by atoms with Crippen molar-refractivity contribution >= 4 is 17.6 Å². The van der Waals surface area contributed by atoms with Gasteiger partial charge in [0, 0.05) is 0 Å². The van der Waals surface area contributed by atoms with Gasteiger partial charge in [-0.2, -0.15) is 0 Å². The highest BCUT2D eigenvalue weighted by Gasteiger charge is 2.53. The Bertz CT molecular complexity index is 247. The number of amidine groups is 1. The highest BCUT2D eigenvalue weighted by atomic mass is 16.5. The van der Waals surface area contributed by atoms with E-state index >= 15 is 0 Å². The van der Waals surface area contributed by atoms with Crippen LogP contribution in [0.1, 0.15) is 0 Å². The average molecular weight is 139 g/mol. The summed E-state index contributed by atoms with van der Waals surface area (Å²) in [5.74, 6) is -0.421. The molecular weight excluding hydrogens is 134 g/mol. The number of hydrogen-bond acceptors (Lipinski definition) is 4. The molecule has 0 bridgehead atoms. The minimum atomic E-state index is -0.262. The Morgan fingerprint density at radius 1 is 1.60 bits per heavy atom. The number of ether oxygens (including phenoxy) is 1. The Hall–Kier alpha value is -1.39. The summed E-state index contributed by atoms with van der Waals surface area (Å²) in [6, 6.07) is -0.262. The fourth-order valence-electron chi connectivity index (χ4n) is 0.969. The van der Waals surface area contributed by atoms with E-state index in [0.29, 0.717) is 0 Å². The number of morpholine rings is 1. The summed E-state index contributed by atoms with van der Waals surface area (Å²) < 4.78 is 4.71. The van der Waals surface area contributed by atoms with Crippen LogP contribution in [0.5, 0.6) is 0 Å². The normalized spacial score (nSPS) is 29.8. The van der Waals surface area contributed by atoms with Gasteiger partial charge in [-0.3, -0.25) is 20.5 Å². The molecular formula is C5H5N3O2. The molecule has 0 aromatic carbocycles. The van der Waals surface area contributed by atoms with E-state index in [-0.39, 0.29) is 30.3 Å². The van der Waals surface area contributed by atoms with Crippen LogP contribution in [0.3, 0.4) is 0 Å². The fraction of sp³-hybridized carbons (Fsp3) is 0.400. The smallest absolute Gasteiger partial charge is 0.255 e. The van der Waals surface area contributed by atoms with Crippen molar-refractivity contribution in [2.75, 3.05) is 6.61 Å². The zero-order valence-electron chi connectivity index (χ0n) is 5.05. The zero-order valence-corrected chi connectivity index (χ0v) is 5.05. The van der Waals surface area contributed by atoms with Crippen LogP contribution in [0.2, 0.25) is 0 Å². The molecule has 5 nitrogen and oxygen atoms in total. The summed E-state index contributed by atoms with van der Waals surface area (Å²) in [7, 11) is 0. The first-order chi connectivity index (χ1) is 4.72. The van der Waals surface area contributed by atoms with Gasteiger partial charge in [-0.25, -0.2) is 0 Å². The van der Waals surface area contributed by atoms with Crippen molar-refractivity contribution < 1.29 is 9.53 Å². The number of rotatable bonds is 0. The lowest BCUT2D eigenvalue weighted by Gasteiger charge is -2.12. The van der Waals surface area contributed by atoms with E-state index in [1.54, 1.807) is 0 Å². The van der Waals surface area contributed by atoms with Crippen LogP contribution >= 0.6 is 0 Å². The number of carbonyl (C=O) groups is 1. The van der Waals surface area contributed by atoms with Crippen molar-refractivity contribution in [3.05, 3.63) is 0 Å². The van der Waals surface area contributed by atoms with Gasteiger partial charge in [0.1, 0.15) is 6.61 Å². The molecule has 10 heavy (non-hydrogen) atoms. The van der Waals surface area contributed by atoms with Crippen molar-refractivity contribution in [2.45, 2.75) is 6.04 Å². The summed E-state index contributed by atoms with van der Waals surface area (Å²) >= 11 is 0. The number of amides is 1. The summed E-state index contributed by atoms with van der Waals surface area (Å²) in [5, 5.41) is 14.1. The van der Waals surface area contributed by atoms with Gasteiger partial charge < -0.3 is 4.74 Å². The maximum atomic E-state index is 10.7. The second kappa shape index (κ2) is 1.36. The predicted octanol–water partition coefficient (Wildman–Crippen LogP) is -0.818. The molecule has 5 heteroatoms. The minimum Gasteiger partial charge on any atom is -0.473 e. The standard InChI is InChI=1S/C5H5N3O2/c6-3-4(7)10-1-2-5(9)8(2)3/h2,6-7H,1H2. The van der Waals surface area contributed by atoms with Crippen molar-refractivity contribution in [1.82, 2.24) is 4.90 Å². The van der Waals surface area contributed by atoms with E-state index in [9.17, 15) is 4.79 Å². The Labute approximate surface area is 56.6 Å². The van der Waals surface area contributed by atoms with Gasteiger partial charge in [-0.1, -0.05) is 0 Å². The first-order valence-electron chi connectivity index (χ1n) is 2.85. The Morgan fingerprint density at radius 3 is 2.90 bits per heavy atom. The molecule has 1 unspecified atom stereocenters. The quantitative estimate of drug-likeness (QED) is 0.430. The van der Waals surface area contributed by atoms with Gasteiger partial charge in [0.25, 0.3) is 5.91 Å². The van der Waals surface area contributed by atoms with Crippen LogP contribution in [0.25, 0.3) is 0 Å². The largest absolute Gasteiger partial charge is 0.473 e. The Balaban J connectivity index is 2.27. The lowest BCUT2D eigenvalue weighted by molar-refractivity contribution is -0.112. The van der Waals surface area contributed by atoms with Crippen LogP contribution in [0.4, 0.5) is 0 Å². The molecule has 2 aliphatic heterocycles. The van der Waals surface area contributed by atoms with Crippen molar-refractivity contribution in [3.8, 4) is 0 Å². The summed E-state index contributed by atoms with van der Waals surface area (Å²) in [6.07, 6.45) is 0. The molecule has 52 valence electrons. The van der Waals surface area contributed by atoms with Gasteiger partial charge in [-0.05, 0) is 0 Å². The minimum absolute atomic E-state index is 0.104. The number of hydrogen-bond donors (Lipinski definition) is 2. The van der Waals surface area contributed by atoms with Crippen molar-refractivity contribution in [1.29, 1.82) is 10.8 Å². The SMILES string of the molecule is N=C1OCC2C(=O)N2C1=N. The molecule has 2 aliphatic rings. The third kappa shape index (κ3) is 0.445. The van der Waals surface area contributed by atoms with Gasteiger partial charge in [0.2, 0.25) is 5.90 Å². The van der Waals surface area contributed by atoms with Gasteiger partial charge >= 0.3 is 0 Å². The molecule has 2 fully saturated rings. The van der Waals surface area contributed by atoms with E-state index < -0.39 is 0 Å². The molecule has 0 aromatic heterocycles. The Kier molecular flexibility index (Phi) is 0.737. The summed E-state index contributed by atoms with van der Waals surface area (Å²) in [5.41, 5.74) is 0. The van der Waals surface area contributed by atoms with Crippen molar-refractivity contribution in [2.24, 2.45) is 0 Å². The highest BCUT2D eigenvalue weighted by molar-refractivity contribution is 6.42. The highest BCUT2D eigenvalue weighted by Crippen LogP contribution is 2.24. The molecule has 2 N–H and O–H groups in total. The van der Waals surface area contributed by atoms with Gasteiger partial charge in [0.05, 0.1) is 0 Å². The topological polar surface area (TPSA) is 77.0 Å². The lowest BCUT2D eigenvalue weighted by atomic mass is 10.4. The van der Waals surface area contributed by atoms with E-state index in [0.717, 1.165) is 0 Å². The van der Waals surface area contributed by atoms with Crippen LogP contribution in [-0.2, 0) is 9.53 Å².